The fourth-order valence-corrected chi connectivity index (χ4v) is 3.86. The van der Waals surface area contributed by atoms with Gasteiger partial charge in [-0.25, -0.2) is 4.68 Å². The van der Waals surface area contributed by atoms with E-state index in [0.29, 0.717) is 18.7 Å². The summed E-state index contributed by atoms with van der Waals surface area (Å²) in [4.78, 5) is 15.4. The molecule has 0 saturated carbocycles. The van der Waals surface area contributed by atoms with Crippen molar-refractivity contribution in [2.24, 2.45) is 0 Å². The van der Waals surface area contributed by atoms with E-state index in [1.165, 1.54) is 5.56 Å². The van der Waals surface area contributed by atoms with Crippen LogP contribution in [-0.2, 0) is 11.4 Å². The summed E-state index contributed by atoms with van der Waals surface area (Å²) in [5.41, 5.74) is 4.23. The first-order valence-electron chi connectivity index (χ1n) is 9.87. The van der Waals surface area contributed by atoms with E-state index >= 15 is 0 Å². The highest BCUT2D eigenvalue weighted by Crippen LogP contribution is 2.28. The summed E-state index contributed by atoms with van der Waals surface area (Å²) in [5, 5.41) is 6.46. The first kappa shape index (κ1) is 18.8. The summed E-state index contributed by atoms with van der Waals surface area (Å²) in [6, 6.07) is 14.4. The molecule has 28 heavy (non-hydrogen) atoms. The van der Waals surface area contributed by atoms with Crippen molar-refractivity contribution in [1.82, 2.24) is 14.7 Å². The molecule has 0 amide bonds. The van der Waals surface area contributed by atoms with Crippen LogP contribution in [0.25, 0.3) is 22.0 Å². The molecule has 1 aromatic heterocycles. The molecule has 146 valence electrons. The van der Waals surface area contributed by atoms with Gasteiger partial charge in [0.1, 0.15) is 0 Å². The van der Waals surface area contributed by atoms with Crippen molar-refractivity contribution in [1.29, 1.82) is 0 Å². The highest BCUT2D eigenvalue weighted by Gasteiger charge is 2.25. The van der Waals surface area contributed by atoms with Crippen molar-refractivity contribution in [2.75, 3.05) is 13.2 Å². The Bertz CT molecular complexity index is 1070. The summed E-state index contributed by atoms with van der Waals surface area (Å²) < 4.78 is 7.35. The van der Waals surface area contributed by atoms with Gasteiger partial charge in [-0.15, -0.1) is 0 Å². The number of hydrogen-bond acceptors (Lipinski definition) is 4. The first-order valence-corrected chi connectivity index (χ1v) is 9.87. The van der Waals surface area contributed by atoms with Crippen molar-refractivity contribution in [3.8, 4) is 11.3 Å². The standard InChI is InChI=1S/C23H27N3O2/c1-15-9-10-16(2)21(11-15)22-19-7-5-6-8-20(19)23(27)26(24-22)14-25-12-18(4)28-13-17(25)3/h5-11,17-18H,12-14H2,1-4H3/t17-,18-/m1/s1. The van der Waals surface area contributed by atoms with E-state index in [0.717, 1.165) is 28.8 Å². The number of ether oxygens (including phenoxy) is 1. The lowest BCUT2D eigenvalue weighted by molar-refractivity contribution is -0.0627. The van der Waals surface area contributed by atoms with Crippen LogP contribution in [0.1, 0.15) is 25.0 Å². The molecule has 1 fully saturated rings. The SMILES string of the molecule is Cc1ccc(C)c(-c2nn(CN3C[C@@H](C)OC[C@H]3C)c(=O)c3ccccc23)c1. The normalized spacial score (nSPS) is 20.6. The van der Waals surface area contributed by atoms with Crippen molar-refractivity contribution < 1.29 is 4.74 Å². The molecule has 4 rings (SSSR count). The average Bonchev–Trinajstić information content (AvgIpc) is 2.69. The molecule has 2 atom stereocenters. The van der Waals surface area contributed by atoms with Crippen LogP contribution in [0.2, 0.25) is 0 Å². The van der Waals surface area contributed by atoms with Crippen LogP contribution in [0.15, 0.2) is 47.3 Å². The van der Waals surface area contributed by atoms with E-state index in [1.54, 1.807) is 4.68 Å². The van der Waals surface area contributed by atoms with Crippen molar-refractivity contribution in [2.45, 2.75) is 46.5 Å². The first-order chi connectivity index (χ1) is 13.4. The Hall–Kier alpha value is -2.50. The lowest BCUT2D eigenvalue weighted by atomic mass is 9.99. The van der Waals surface area contributed by atoms with Crippen LogP contribution in [0.5, 0.6) is 0 Å². The third-order valence-electron chi connectivity index (χ3n) is 5.57. The Kier molecular flexibility index (Phi) is 5.04. The number of benzene rings is 2. The minimum absolute atomic E-state index is 0.0454. The fourth-order valence-electron chi connectivity index (χ4n) is 3.86. The Labute approximate surface area is 165 Å². The summed E-state index contributed by atoms with van der Waals surface area (Å²) in [7, 11) is 0. The molecule has 0 radical (unpaired) electrons. The predicted octanol–water partition coefficient (Wildman–Crippen LogP) is 3.75. The predicted molar refractivity (Wildman–Crippen MR) is 112 cm³/mol. The number of morpholine rings is 1. The highest BCUT2D eigenvalue weighted by atomic mass is 16.5. The van der Waals surface area contributed by atoms with Gasteiger partial charge in [0.05, 0.1) is 30.5 Å². The third-order valence-corrected chi connectivity index (χ3v) is 5.57. The van der Waals surface area contributed by atoms with Crippen molar-refractivity contribution >= 4 is 10.8 Å². The summed E-state index contributed by atoms with van der Waals surface area (Å²) in [6.07, 6.45) is 0.158. The molecule has 0 unspecified atom stereocenters. The molecule has 1 saturated heterocycles. The van der Waals surface area contributed by atoms with E-state index in [-0.39, 0.29) is 17.7 Å². The molecule has 2 aromatic carbocycles. The van der Waals surface area contributed by atoms with E-state index in [2.05, 4.69) is 50.8 Å². The topological polar surface area (TPSA) is 47.4 Å². The van der Waals surface area contributed by atoms with Gasteiger partial charge in [0.25, 0.3) is 5.56 Å². The lowest BCUT2D eigenvalue weighted by Crippen LogP contribution is -2.49. The van der Waals surface area contributed by atoms with Crippen LogP contribution in [0, 0.1) is 13.8 Å². The third kappa shape index (κ3) is 3.48. The smallest absolute Gasteiger partial charge is 0.275 e. The zero-order valence-corrected chi connectivity index (χ0v) is 17.0. The molecule has 0 aliphatic carbocycles. The lowest BCUT2D eigenvalue weighted by Gasteiger charge is -2.36. The minimum atomic E-state index is -0.0454. The summed E-state index contributed by atoms with van der Waals surface area (Å²) in [5.74, 6) is 0. The number of aromatic nitrogens is 2. The molecule has 0 N–H and O–H groups in total. The number of nitrogens with zero attached hydrogens (tertiary/aromatic N) is 3. The van der Waals surface area contributed by atoms with Crippen LogP contribution in [0.4, 0.5) is 0 Å². The van der Waals surface area contributed by atoms with Gasteiger partial charge in [-0.2, -0.15) is 5.10 Å². The molecule has 5 nitrogen and oxygen atoms in total. The molecule has 0 bridgehead atoms. The minimum Gasteiger partial charge on any atom is -0.376 e. The number of hydrogen-bond donors (Lipinski definition) is 0. The zero-order chi connectivity index (χ0) is 19.8. The molecule has 1 aliphatic heterocycles. The second-order valence-electron chi connectivity index (χ2n) is 7.92. The second kappa shape index (κ2) is 7.49. The highest BCUT2D eigenvalue weighted by molar-refractivity contribution is 5.94. The van der Waals surface area contributed by atoms with Crippen LogP contribution in [-0.4, -0.2) is 40.0 Å². The average molecular weight is 377 g/mol. The number of aryl methyl sites for hydroxylation is 2. The molecule has 1 aliphatic rings. The Morgan fingerprint density at radius 2 is 1.86 bits per heavy atom. The van der Waals surface area contributed by atoms with Gasteiger partial charge < -0.3 is 4.74 Å². The Morgan fingerprint density at radius 3 is 2.64 bits per heavy atom. The van der Waals surface area contributed by atoms with E-state index in [1.807, 2.05) is 24.3 Å². The van der Waals surface area contributed by atoms with Gasteiger partial charge >= 0.3 is 0 Å². The molecular weight excluding hydrogens is 350 g/mol. The van der Waals surface area contributed by atoms with Gasteiger partial charge in [0, 0.05) is 23.5 Å². The second-order valence-corrected chi connectivity index (χ2v) is 7.92. The Balaban J connectivity index is 1.87. The quantitative estimate of drug-likeness (QED) is 0.697. The van der Waals surface area contributed by atoms with Crippen LogP contribution >= 0.6 is 0 Å². The zero-order valence-electron chi connectivity index (χ0n) is 17.0. The van der Waals surface area contributed by atoms with Gasteiger partial charge in [0.2, 0.25) is 0 Å². The van der Waals surface area contributed by atoms with Gasteiger partial charge in [-0.1, -0.05) is 35.9 Å². The van der Waals surface area contributed by atoms with E-state index in [9.17, 15) is 4.79 Å². The summed E-state index contributed by atoms with van der Waals surface area (Å²) in [6.45, 7) is 10.3. The van der Waals surface area contributed by atoms with Gasteiger partial charge in [0.15, 0.2) is 0 Å². The fraction of sp³-hybridized carbons (Fsp3) is 0.391. The van der Waals surface area contributed by atoms with Crippen LogP contribution in [0.3, 0.4) is 0 Å². The Morgan fingerprint density at radius 1 is 1.11 bits per heavy atom. The summed E-state index contributed by atoms with van der Waals surface area (Å²) >= 11 is 0. The van der Waals surface area contributed by atoms with Crippen molar-refractivity contribution in [3.63, 3.8) is 0 Å². The number of rotatable bonds is 3. The number of fused-ring (bicyclic) bond motifs is 1. The van der Waals surface area contributed by atoms with E-state index < -0.39 is 0 Å². The van der Waals surface area contributed by atoms with Crippen molar-refractivity contribution in [3.05, 3.63) is 63.9 Å². The maximum Gasteiger partial charge on any atom is 0.275 e. The molecular formula is C23H27N3O2. The van der Waals surface area contributed by atoms with Crippen LogP contribution < -0.4 is 5.56 Å². The van der Waals surface area contributed by atoms with Gasteiger partial charge in [-0.05, 0) is 45.4 Å². The molecule has 3 aromatic rings. The maximum atomic E-state index is 13.2. The molecule has 2 heterocycles. The largest absolute Gasteiger partial charge is 0.376 e. The van der Waals surface area contributed by atoms with E-state index in [4.69, 9.17) is 9.84 Å². The molecule has 0 spiro atoms. The van der Waals surface area contributed by atoms with Gasteiger partial charge in [-0.3, -0.25) is 9.69 Å². The maximum absolute atomic E-state index is 13.2. The monoisotopic (exact) mass is 377 g/mol. The molecule has 5 heteroatoms.